The molecule has 2 unspecified atom stereocenters. The van der Waals surface area contributed by atoms with E-state index in [1.807, 2.05) is 18.2 Å². The fourth-order valence-electron chi connectivity index (χ4n) is 3.55. The molecule has 23 heavy (non-hydrogen) atoms. The number of benzene rings is 1. The van der Waals surface area contributed by atoms with Crippen LogP contribution >= 0.6 is 12.4 Å². The summed E-state index contributed by atoms with van der Waals surface area (Å²) in [7, 11) is 0. The number of nitrogens with zero attached hydrogens (tertiary/aromatic N) is 3. The van der Waals surface area contributed by atoms with E-state index < -0.39 is 0 Å². The minimum absolute atomic E-state index is 0. The molecule has 2 saturated heterocycles. The van der Waals surface area contributed by atoms with Gasteiger partial charge in [-0.15, -0.1) is 12.4 Å². The van der Waals surface area contributed by atoms with E-state index in [-0.39, 0.29) is 12.4 Å². The number of hydrogen-bond donors (Lipinski definition) is 1. The molecule has 2 aliphatic heterocycles. The third kappa shape index (κ3) is 4.10. The van der Waals surface area contributed by atoms with Crippen molar-refractivity contribution in [3.05, 3.63) is 47.6 Å². The van der Waals surface area contributed by atoms with Crippen LogP contribution in [0.25, 0.3) is 0 Å². The van der Waals surface area contributed by atoms with Gasteiger partial charge in [0.05, 0.1) is 6.54 Å². The molecule has 6 heteroatoms. The Morgan fingerprint density at radius 1 is 1.13 bits per heavy atom. The first-order chi connectivity index (χ1) is 10.8. The number of hydrogen-bond acceptors (Lipinski definition) is 5. The Morgan fingerprint density at radius 2 is 1.96 bits per heavy atom. The van der Waals surface area contributed by atoms with Crippen LogP contribution < -0.4 is 5.32 Å². The first-order valence-corrected chi connectivity index (χ1v) is 8.19. The molecule has 2 aliphatic rings. The standard InChI is InChI=1S/C17H22N4O.ClH/c1-2-4-13(5-3-1)10-16-19-17(22-20-16)12-21-9-8-14-6-7-15(11-21)18-14;/h1-5,14-15,18H,6-12H2;1H. The van der Waals surface area contributed by atoms with Gasteiger partial charge in [0.15, 0.2) is 5.82 Å². The molecule has 3 heterocycles. The minimum Gasteiger partial charge on any atom is -0.338 e. The van der Waals surface area contributed by atoms with E-state index in [0.717, 1.165) is 37.8 Å². The molecule has 0 spiro atoms. The van der Waals surface area contributed by atoms with E-state index in [1.165, 1.54) is 24.8 Å². The molecule has 1 N–H and O–H groups in total. The van der Waals surface area contributed by atoms with Crippen molar-refractivity contribution >= 4 is 12.4 Å². The van der Waals surface area contributed by atoms with Crippen LogP contribution in [0.3, 0.4) is 0 Å². The number of aromatic nitrogens is 2. The fraction of sp³-hybridized carbons (Fsp3) is 0.529. The highest BCUT2D eigenvalue weighted by Gasteiger charge is 2.29. The van der Waals surface area contributed by atoms with E-state index in [1.54, 1.807) is 0 Å². The predicted octanol–water partition coefficient (Wildman–Crippen LogP) is 2.41. The van der Waals surface area contributed by atoms with Gasteiger partial charge in [0.1, 0.15) is 0 Å². The Morgan fingerprint density at radius 3 is 2.83 bits per heavy atom. The lowest BCUT2D eigenvalue weighted by molar-refractivity contribution is 0.216. The molecule has 0 aliphatic carbocycles. The Bertz CT molecular complexity index is 618. The van der Waals surface area contributed by atoms with E-state index in [0.29, 0.717) is 12.1 Å². The van der Waals surface area contributed by atoms with Gasteiger partial charge in [0.25, 0.3) is 0 Å². The molecule has 2 atom stereocenters. The van der Waals surface area contributed by atoms with E-state index in [2.05, 4.69) is 32.5 Å². The number of halogens is 1. The minimum atomic E-state index is 0. The summed E-state index contributed by atoms with van der Waals surface area (Å²) in [5.41, 5.74) is 1.21. The summed E-state index contributed by atoms with van der Waals surface area (Å²) in [6.07, 6.45) is 4.59. The first kappa shape index (κ1) is 16.4. The quantitative estimate of drug-likeness (QED) is 0.930. The molecule has 0 saturated carbocycles. The predicted molar refractivity (Wildman–Crippen MR) is 90.6 cm³/mol. The molecule has 124 valence electrons. The van der Waals surface area contributed by atoms with Crippen molar-refractivity contribution in [2.24, 2.45) is 0 Å². The number of nitrogens with one attached hydrogen (secondary N) is 1. The summed E-state index contributed by atoms with van der Waals surface area (Å²) in [5.74, 6) is 1.51. The van der Waals surface area contributed by atoms with Crippen LogP contribution in [0.2, 0.25) is 0 Å². The maximum atomic E-state index is 5.44. The molecule has 4 rings (SSSR count). The van der Waals surface area contributed by atoms with Gasteiger partial charge >= 0.3 is 0 Å². The van der Waals surface area contributed by atoms with Gasteiger partial charge in [-0.3, -0.25) is 4.90 Å². The van der Waals surface area contributed by atoms with Crippen LogP contribution in [0.1, 0.15) is 36.5 Å². The van der Waals surface area contributed by atoms with Gasteiger partial charge in [-0.1, -0.05) is 35.5 Å². The lowest BCUT2D eigenvalue weighted by Crippen LogP contribution is -2.35. The summed E-state index contributed by atoms with van der Waals surface area (Å²) in [5, 5.41) is 7.82. The van der Waals surface area contributed by atoms with Gasteiger partial charge < -0.3 is 9.84 Å². The van der Waals surface area contributed by atoms with Crippen molar-refractivity contribution in [2.75, 3.05) is 13.1 Å². The lowest BCUT2D eigenvalue weighted by atomic mass is 10.1. The van der Waals surface area contributed by atoms with E-state index in [4.69, 9.17) is 4.52 Å². The molecular formula is C17H23ClN4O. The number of rotatable bonds is 4. The lowest BCUT2D eigenvalue weighted by Gasteiger charge is -2.21. The van der Waals surface area contributed by atoms with Crippen molar-refractivity contribution in [2.45, 2.75) is 44.3 Å². The van der Waals surface area contributed by atoms with Crippen LogP contribution in [0.5, 0.6) is 0 Å². The highest BCUT2D eigenvalue weighted by Crippen LogP contribution is 2.21. The molecular weight excluding hydrogens is 312 g/mol. The average Bonchev–Trinajstić information content (AvgIpc) is 3.09. The van der Waals surface area contributed by atoms with Gasteiger partial charge in [0, 0.05) is 31.6 Å². The maximum absolute atomic E-state index is 5.44. The molecule has 5 nitrogen and oxygen atoms in total. The van der Waals surface area contributed by atoms with Crippen molar-refractivity contribution in [3.63, 3.8) is 0 Å². The zero-order chi connectivity index (χ0) is 14.8. The second kappa shape index (κ2) is 7.43. The topological polar surface area (TPSA) is 54.2 Å². The summed E-state index contributed by atoms with van der Waals surface area (Å²) < 4.78 is 5.44. The Hall–Kier alpha value is -1.43. The Kier molecular flexibility index (Phi) is 5.30. The first-order valence-electron chi connectivity index (χ1n) is 8.19. The Balaban J connectivity index is 0.00000156. The number of likely N-dealkylation sites (tertiary alicyclic amines) is 1. The molecule has 1 aromatic carbocycles. The summed E-state index contributed by atoms with van der Waals surface area (Å²) in [4.78, 5) is 6.99. The van der Waals surface area contributed by atoms with Crippen molar-refractivity contribution in [3.8, 4) is 0 Å². The van der Waals surface area contributed by atoms with Crippen LogP contribution in [0.15, 0.2) is 34.9 Å². The highest BCUT2D eigenvalue weighted by atomic mass is 35.5. The number of fused-ring (bicyclic) bond motifs is 2. The SMILES string of the molecule is Cl.c1ccc(Cc2noc(CN3CCC4CCC(C3)N4)n2)cc1. The van der Waals surface area contributed by atoms with E-state index >= 15 is 0 Å². The van der Waals surface area contributed by atoms with Crippen LogP contribution in [0.4, 0.5) is 0 Å². The molecule has 2 bridgehead atoms. The van der Waals surface area contributed by atoms with Gasteiger partial charge in [-0.25, -0.2) is 0 Å². The largest absolute Gasteiger partial charge is 0.338 e. The van der Waals surface area contributed by atoms with Gasteiger partial charge in [-0.05, 0) is 24.8 Å². The summed E-state index contributed by atoms with van der Waals surface area (Å²) in [6, 6.07) is 11.6. The zero-order valence-electron chi connectivity index (χ0n) is 13.1. The summed E-state index contributed by atoms with van der Waals surface area (Å²) >= 11 is 0. The normalized spacial score (nSPS) is 24.2. The fourth-order valence-corrected chi connectivity index (χ4v) is 3.55. The van der Waals surface area contributed by atoms with Crippen molar-refractivity contribution in [1.29, 1.82) is 0 Å². The monoisotopic (exact) mass is 334 g/mol. The highest BCUT2D eigenvalue weighted by molar-refractivity contribution is 5.85. The van der Waals surface area contributed by atoms with E-state index in [9.17, 15) is 0 Å². The third-order valence-corrected chi connectivity index (χ3v) is 4.68. The van der Waals surface area contributed by atoms with Crippen LogP contribution in [-0.4, -0.2) is 40.2 Å². The van der Waals surface area contributed by atoms with Crippen molar-refractivity contribution < 1.29 is 4.52 Å². The Labute approximate surface area is 142 Å². The smallest absolute Gasteiger partial charge is 0.240 e. The molecule has 0 radical (unpaired) electrons. The van der Waals surface area contributed by atoms with Gasteiger partial charge in [0.2, 0.25) is 5.89 Å². The maximum Gasteiger partial charge on any atom is 0.240 e. The van der Waals surface area contributed by atoms with Crippen molar-refractivity contribution in [1.82, 2.24) is 20.4 Å². The zero-order valence-corrected chi connectivity index (χ0v) is 14.0. The molecule has 1 aromatic heterocycles. The van der Waals surface area contributed by atoms with Crippen LogP contribution in [-0.2, 0) is 13.0 Å². The molecule has 2 aromatic rings. The third-order valence-electron chi connectivity index (χ3n) is 4.68. The van der Waals surface area contributed by atoms with Crippen LogP contribution in [0, 0.1) is 0 Å². The van der Waals surface area contributed by atoms with Gasteiger partial charge in [-0.2, -0.15) is 4.98 Å². The molecule has 0 amide bonds. The summed E-state index contributed by atoms with van der Waals surface area (Å²) in [6.45, 7) is 2.98. The second-order valence-electron chi connectivity index (χ2n) is 6.43. The second-order valence-corrected chi connectivity index (χ2v) is 6.43. The average molecular weight is 335 g/mol. The molecule has 2 fully saturated rings.